The zero-order valence-electron chi connectivity index (χ0n) is 12.5. The SMILES string of the molecule is Cc1cccc(CCC(O)C2CCOC3(CCC3)C2)c1. The van der Waals surface area contributed by atoms with Crippen LogP contribution in [0.3, 0.4) is 0 Å². The fourth-order valence-corrected chi connectivity index (χ4v) is 3.73. The highest BCUT2D eigenvalue weighted by molar-refractivity contribution is 5.22. The maximum absolute atomic E-state index is 10.5. The van der Waals surface area contributed by atoms with E-state index in [1.807, 2.05) is 0 Å². The van der Waals surface area contributed by atoms with Gasteiger partial charge in [0.1, 0.15) is 0 Å². The summed E-state index contributed by atoms with van der Waals surface area (Å²) in [6, 6.07) is 8.62. The third-order valence-electron chi connectivity index (χ3n) is 5.15. The van der Waals surface area contributed by atoms with Crippen molar-refractivity contribution in [2.24, 2.45) is 5.92 Å². The number of aliphatic hydroxyl groups excluding tert-OH is 1. The fraction of sp³-hybridized carbons (Fsp3) is 0.667. The van der Waals surface area contributed by atoms with Crippen molar-refractivity contribution in [2.45, 2.75) is 63.6 Å². The Balaban J connectivity index is 1.52. The molecule has 2 fully saturated rings. The molecule has 2 atom stereocenters. The molecule has 1 saturated heterocycles. The molecule has 1 aliphatic carbocycles. The predicted molar refractivity (Wildman–Crippen MR) is 80.8 cm³/mol. The van der Waals surface area contributed by atoms with Crippen LogP contribution in [-0.2, 0) is 11.2 Å². The maximum Gasteiger partial charge on any atom is 0.0686 e. The summed E-state index contributed by atoms with van der Waals surface area (Å²) in [5.41, 5.74) is 2.79. The summed E-state index contributed by atoms with van der Waals surface area (Å²) >= 11 is 0. The molecule has 20 heavy (non-hydrogen) atoms. The lowest BCUT2D eigenvalue weighted by molar-refractivity contribution is -0.157. The number of hydrogen-bond donors (Lipinski definition) is 1. The van der Waals surface area contributed by atoms with Gasteiger partial charge in [-0.2, -0.15) is 0 Å². The van der Waals surface area contributed by atoms with Crippen LogP contribution in [0.25, 0.3) is 0 Å². The second-order valence-corrected chi connectivity index (χ2v) is 6.73. The van der Waals surface area contributed by atoms with Crippen molar-refractivity contribution < 1.29 is 9.84 Å². The molecule has 110 valence electrons. The van der Waals surface area contributed by atoms with Gasteiger partial charge in [0.05, 0.1) is 11.7 Å². The smallest absolute Gasteiger partial charge is 0.0686 e. The van der Waals surface area contributed by atoms with Gasteiger partial charge < -0.3 is 9.84 Å². The van der Waals surface area contributed by atoms with Crippen LogP contribution in [0.1, 0.15) is 49.7 Å². The topological polar surface area (TPSA) is 29.5 Å². The molecular weight excluding hydrogens is 248 g/mol. The minimum absolute atomic E-state index is 0.146. The lowest BCUT2D eigenvalue weighted by Crippen LogP contribution is -2.47. The molecule has 0 radical (unpaired) electrons. The summed E-state index contributed by atoms with van der Waals surface area (Å²) < 4.78 is 5.95. The second-order valence-electron chi connectivity index (χ2n) is 6.73. The Kier molecular flexibility index (Phi) is 4.13. The highest BCUT2D eigenvalue weighted by Gasteiger charge is 2.43. The fourth-order valence-electron chi connectivity index (χ4n) is 3.73. The first-order chi connectivity index (χ1) is 9.67. The van der Waals surface area contributed by atoms with E-state index in [0.29, 0.717) is 5.92 Å². The van der Waals surface area contributed by atoms with Crippen molar-refractivity contribution in [1.29, 1.82) is 0 Å². The van der Waals surface area contributed by atoms with Crippen LogP contribution < -0.4 is 0 Å². The standard InChI is InChI=1S/C18H26O2/c1-14-4-2-5-15(12-14)6-7-17(19)16-8-11-20-18(13-16)9-3-10-18/h2,4-5,12,16-17,19H,3,6-11,13H2,1H3. The Bertz CT molecular complexity index is 450. The Hall–Kier alpha value is -0.860. The van der Waals surface area contributed by atoms with E-state index in [0.717, 1.165) is 32.3 Å². The molecule has 1 spiro atoms. The van der Waals surface area contributed by atoms with Crippen molar-refractivity contribution in [1.82, 2.24) is 0 Å². The van der Waals surface area contributed by atoms with E-state index in [-0.39, 0.29) is 11.7 Å². The van der Waals surface area contributed by atoms with E-state index in [4.69, 9.17) is 4.74 Å². The zero-order chi connectivity index (χ0) is 14.0. The van der Waals surface area contributed by atoms with E-state index in [1.54, 1.807) is 0 Å². The first kappa shape index (κ1) is 14.1. The van der Waals surface area contributed by atoms with E-state index in [2.05, 4.69) is 31.2 Å². The molecular formula is C18H26O2. The molecule has 0 amide bonds. The third-order valence-corrected chi connectivity index (χ3v) is 5.15. The van der Waals surface area contributed by atoms with E-state index in [9.17, 15) is 5.11 Å². The van der Waals surface area contributed by atoms with Crippen molar-refractivity contribution in [2.75, 3.05) is 6.61 Å². The van der Waals surface area contributed by atoms with E-state index < -0.39 is 0 Å². The molecule has 0 aromatic heterocycles. The van der Waals surface area contributed by atoms with Gasteiger partial charge in [0.25, 0.3) is 0 Å². The van der Waals surface area contributed by atoms with Crippen LogP contribution in [0.15, 0.2) is 24.3 Å². The molecule has 2 unspecified atom stereocenters. The van der Waals surface area contributed by atoms with Crippen LogP contribution in [0, 0.1) is 12.8 Å². The van der Waals surface area contributed by atoms with Gasteiger partial charge in [0, 0.05) is 6.61 Å². The molecule has 1 saturated carbocycles. The van der Waals surface area contributed by atoms with E-state index in [1.165, 1.54) is 30.4 Å². The van der Waals surface area contributed by atoms with Gasteiger partial charge in [-0.15, -0.1) is 0 Å². The molecule has 1 N–H and O–H groups in total. The zero-order valence-corrected chi connectivity index (χ0v) is 12.5. The van der Waals surface area contributed by atoms with Gasteiger partial charge in [0.2, 0.25) is 0 Å². The molecule has 0 bridgehead atoms. The molecule has 2 heteroatoms. The summed E-state index contributed by atoms with van der Waals surface area (Å²) in [5, 5.41) is 10.5. The number of aliphatic hydroxyl groups is 1. The molecule has 1 aromatic rings. The van der Waals surface area contributed by atoms with Gasteiger partial charge in [-0.25, -0.2) is 0 Å². The number of ether oxygens (including phenoxy) is 1. The minimum atomic E-state index is -0.170. The van der Waals surface area contributed by atoms with Crippen LogP contribution in [-0.4, -0.2) is 23.4 Å². The summed E-state index contributed by atoms with van der Waals surface area (Å²) in [6.45, 7) is 2.96. The van der Waals surface area contributed by atoms with Crippen LogP contribution in [0.5, 0.6) is 0 Å². The largest absolute Gasteiger partial charge is 0.393 e. The summed E-state index contributed by atoms with van der Waals surface area (Å²) in [6.07, 6.45) is 7.49. The summed E-state index contributed by atoms with van der Waals surface area (Å²) in [4.78, 5) is 0. The predicted octanol–water partition coefficient (Wildman–Crippen LogP) is 3.64. The van der Waals surface area contributed by atoms with Crippen LogP contribution >= 0.6 is 0 Å². The quantitative estimate of drug-likeness (QED) is 0.908. The highest BCUT2D eigenvalue weighted by Crippen LogP contribution is 2.45. The maximum atomic E-state index is 10.5. The van der Waals surface area contributed by atoms with Gasteiger partial charge >= 0.3 is 0 Å². The van der Waals surface area contributed by atoms with E-state index >= 15 is 0 Å². The number of hydrogen-bond acceptors (Lipinski definition) is 2. The molecule has 1 aromatic carbocycles. The number of rotatable bonds is 4. The van der Waals surface area contributed by atoms with Gasteiger partial charge in [-0.3, -0.25) is 0 Å². The monoisotopic (exact) mass is 274 g/mol. The Morgan fingerprint density at radius 2 is 2.25 bits per heavy atom. The summed E-state index contributed by atoms with van der Waals surface area (Å²) in [5.74, 6) is 0.439. The van der Waals surface area contributed by atoms with Gasteiger partial charge in [-0.05, 0) is 63.4 Å². The Morgan fingerprint density at radius 3 is 2.95 bits per heavy atom. The van der Waals surface area contributed by atoms with Crippen LogP contribution in [0.2, 0.25) is 0 Å². The molecule has 3 rings (SSSR count). The van der Waals surface area contributed by atoms with Crippen molar-refractivity contribution in [3.63, 3.8) is 0 Å². The van der Waals surface area contributed by atoms with Crippen molar-refractivity contribution in [3.8, 4) is 0 Å². The first-order valence-electron chi connectivity index (χ1n) is 8.04. The van der Waals surface area contributed by atoms with Crippen molar-refractivity contribution in [3.05, 3.63) is 35.4 Å². The normalized spacial score (nSPS) is 26.2. The van der Waals surface area contributed by atoms with Crippen molar-refractivity contribution >= 4 is 0 Å². The Morgan fingerprint density at radius 1 is 1.40 bits per heavy atom. The lowest BCUT2D eigenvalue weighted by Gasteiger charge is -2.48. The minimum Gasteiger partial charge on any atom is -0.393 e. The van der Waals surface area contributed by atoms with Crippen LogP contribution in [0.4, 0.5) is 0 Å². The number of aryl methyl sites for hydroxylation is 2. The average molecular weight is 274 g/mol. The first-order valence-corrected chi connectivity index (χ1v) is 8.04. The number of benzene rings is 1. The summed E-state index contributed by atoms with van der Waals surface area (Å²) in [7, 11) is 0. The highest BCUT2D eigenvalue weighted by atomic mass is 16.5. The molecule has 1 aliphatic heterocycles. The molecule has 2 nitrogen and oxygen atoms in total. The van der Waals surface area contributed by atoms with Gasteiger partial charge in [-0.1, -0.05) is 29.8 Å². The van der Waals surface area contributed by atoms with Gasteiger partial charge in [0.15, 0.2) is 0 Å². The molecule has 1 heterocycles. The average Bonchev–Trinajstić information content (AvgIpc) is 2.43. The Labute approximate surface area is 122 Å². The second kappa shape index (κ2) is 5.87. The lowest BCUT2D eigenvalue weighted by atomic mass is 9.70. The third kappa shape index (κ3) is 3.07. The molecule has 2 aliphatic rings.